The van der Waals surface area contributed by atoms with Gasteiger partial charge in [0, 0.05) is 18.8 Å². The summed E-state index contributed by atoms with van der Waals surface area (Å²) in [5, 5.41) is 9.03. The summed E-state index contributed by atoms with van der Waals surface area (Å²) in [5.41, 5.74) is 0.452. The van der Waals surface area contributed by atoms with Gasteiger partial charge < -0.3 is 9.64 Å². The molecule has 1 aromatic rings. The van der Waals surface area contributed by atoms with Crippen molar-refractivity contribution >= 4 is 5.69 Å². The Balaban J connectivity index is 3.02. The molecule has 0 aliphatic heterocycles. The molecule has 0 atom stereocenters. The molecule has 0 unspecified atom stereocenters. The topological polar surface area (TPSA) is 36.3 Å². The van der Waals surface area contributed by atoms with Gasteiger partial charge in [0.15, 0.2) is 0 Å². The Morgan fingerprint density at radius 2 is 2.07 bits per heavy atom. The van der Waals surface area contributed by atoms with Crippen LogP contribution in [0.2, 0.25) is 0 Å². The highest BCUT2D eigenvalue weighted by molar-refractivity contribution is 5.53. The molecule has 0 bridgehead atoms. The fraction of sp³-hybridized carbons (Fsp3) is 0.417. The first-order valence-electron chi connectivity index (χ1n) is 4.80. The fourth-order valence-corrected chi connectivity index (χ4v) is 1.22. The van der Waals surface area contributed by atoms with Crippen LogP contribution in [0.1, 0.15) is 13.8 Å². The summed E-state index contributed by atoms with van der Waals surface area (Å²) in [6.07, 6.45) is 0. The maximum atomic E-state index is 9.03. The standard InChI is InChI=1S/C12H16N2O/c1-12(2,9-13)14(3)10-6-5-7-11(8-10)15-4/h5-8H,1-4H3. The molecule has 80 valence electrons. The zero-order valence-electron chi connectivity index (χ0n) is 9.61. The first-order chi connectivity index (χ1) is 7.01. The molecule has 0 saturated carbocycles. The normalized spacial score (nSPS) is 10.6. The van der Waals surface area contributed by atoms with Crippen molar-refractivity contribution in [2.75, 3.05) is 19.1 Å². The van der Waals surface area contributed by atoms with Crippen LogP contribution in [0.25, 0.3) is 0 Å². The van der Waals surface area contributed by atoms with Crippen LogP contribution >= 0.6 is 0 Å². The van der Waals surface area contributed by atoms with Crippen LogP contribution in [0.15, 0.2) is 24.3 Å². The van der Waals surface area contributed by atoms with Crippen LogP contribution < -0.4 is 9.64 Å². The predicted molar refractivity (Wildman–Crippen MR) is 61.1 cm³/mol. The van der Waals surface area contributed by atoms with Gasteiger partial charge in [-0.2, -0.15) is 5.26 Å². The van der Waals surface area contributed by atoms with Gasteiger partial charge in [0.2, 0.25) is 0 Å². The number of hydrogen-bond donors (Lipinski definition) is 0. The molecule has 0 saturated heterocycles. The lowest BCUT2D eigenvalue weighted by Gasteiger charge is -2.31. The van der Waals surface area contributed by atoms with E-state index in [1.807, 2.05) is 50.1 Å². The van der Waals surface area contributed by atoms with Gasteiger partial charge in [0.1, 0.15) is 11.3 Å². The van der Waals surface area contributed by atoms with E-state index in [0.29, 0.717) is 0 Å². The fourth-order valence-electron chi connectivity index (χ4n) is 1.22. The second-order valence-corrected chi connectivity index (χ2v) is 3.93. The number of nitriles is 1. The Morgan fingerprint density at radius 3 is 2.60 bits per heavy atom. The highest BCUT2D eigenvalue weighted by atomic mass is 16.5. The number of anilines is 1. The summed E-state index contributed by atoms with van der Waals surface area (Å²) in [5.74, 6) is 0.799. The summed E-state index contributed by atoms with van der Waals surface area (Å²) in [4.78, 5) is 1.93. The summed E-state index contributed by atoms with van der Waals surface area (Å²) in [6.45, 7) is 3.76. The molecule has 1 rings (SSSR count). The monoisotopic (exact) mass is 204 g/mol. The Bertz CT molecular complexity index is 379. The molecule has 3 nitrogen and oxygen atoms in total. The van der Waals surface area contributed by atoms with Crippen LogP contribution in [-0.4, -0.2) is 19.7 Å². The minimum absolute atomic E-state index is 0.521. The Morgan fingerprint density at radius 1 is 1.40 bits per heavy atom. The van der Waals surface area contributed by atoms with E-state index in [2.05, 4.69) is 6.07 Å². The molecule has 0 heterocycles. The van der Waals surface area contributed by atoms with E-state index in [0.717, 1.165) is 11.4 Å². The average Bonchev–Trinajstić information content (AvgIpc) is 2.28. The molecular weight excluding hydrogens is 188 g/mol. The SMILES string of the molecule is COc1cccc(N(C)C(C)(C)C#N)c1. The van der Waals surface area contributed by atoms with E-state index >= 15 is 0 Å². The molecule has 0 aliphatic carbocycles. The molecule has 3 heteroatoms. The number of rotatable bonds is 3. The van der Waals surface area contributed by atoms with Crippen LogP contribution in [0.5, 0.6) is 5.75 Å². The van der Waals surface area contributed by atoms with Crippen LogP contribution in [0, 0.1) is 11.3 Å². The Labute approximate surface area is 90.9 Å². The van der Waals surface area contributed by atoms with Gasteiger partial charge in [0.25, 0.3) is 0 Å². The maximum absolute atomic E-state index is 9.03. The van der Waals surface area contributed by atoms with Gasteiger partial charge in [-0.1, -0.05) is 6.07 Å². The molecule has 0 amide bonds. The molecule has 0 aliphatic rings. The zero-order chi connectivity index (χ0) is 11.5. The maximum Gasteiger partial charge on any atom is 0.121 e. The first-order valence-corrected chi connectivity index (χ1v) is 4.80. The lowest BCUT2D eigenvalue weighted by Crippen LogP contribution is -2.39. The second kappa shape index (κ2) is 4.22. The second-order valence-electron chi connectivity index (χ2n) is 3.93. The summed E-state index contributed by atoms with van der Waals surface area (Å²) >= 11 is 0. The first kappa shape index (κ1) is 11.4. The van der Waals surface area contributed by atoms with Crippen molar-refractivity contribution in [3.63, 3.8) is 0 Å². The van der Waals surface area contributed by atoms with Crippen LogP contribution in [0.3, 0.4) is 0 Å². The van der Waals surface area contributed by atoms with Gasteiger partial charge in [-0.05, 0) is 26.0 Å². The smallest absolute Gasteiger partial charge is 0.121 e. The molecule has 0 spiro atoms. The number of ether oxygens (including phenoxy) is 1. The van der Waals surface area contributed by atoms with Crippen molar-refractivity contribution in [3.8, 4) is 11.8 Å². The van der Waals surface area contributed by atoms with Crippen molar-refractivity contribution < 1.29 is 4.74 Å². The molecule has 0 aromatic heterocycles. The number of benzene rings is 1. The van der Waals surface area contributed by atoms with E-state index in [9.17, 15) is 0 Å². The Kier molecular flexibility index (Phi) is 3.21. The highest BCUT2D eigenvalue weighted by Crippen LogP contribution is 2.25. The molecule has 0 N–H and O–H groups in total. The molecular formula is C12H16N2O. The van der Waals surface area contributed by atoms with Gasteiger partial charge in [0.05, 0.1) is 13.2 Å². The number of methoxy groups -OCH3 is 1. The van der Waals surface area contributed by atoms with Gasteiger partial charge in [-0.25, -0.2) is 0 Å². The molecule has 1 aromatic carbocycles. The average molecular weight is 204 g/mol. The van der Waals surface area contributed by atoms with E-state index in [4.69, 9.17) is 10.00 Å². The van der Waals surface area contributed by atoms with Crippen molar-refractivity contribution in [2.45, 2.75) is 19.4 Å². The van der Waals surface area contributed by atoms with Gasteiger partial charge in [-0.15, -0.1) is 0 Å². The lowest BCUT2D eigenvalue weighted by atomic mass is 10.1. The third-order valence-electron chi connectivity index (χ3n) is 2.55. The number of nitrogens with zero attached hydrogens (tertiary/aromatic N) is 2. The summed E-state index contributed by atoms with van der Waals surface area (Å²) < 4.78 is 5.14. The largest absolute Gasteiger partial charge is 0.497 e. The van der Waals surface area contributed by atoms with Crippen molar-refractivity contribution in [3.05, 3.63) is 24.3 Å². The van der Waals surface area contributed by atoms with Gasteiger partial charge in [-0.3, -0.25) is 0 Å². The van der Waals surface area contributed by atoms with E-state index in [1.54, 1.807) is 7.11 Å². The number of hydrogen-bond acceptors (Lipinski definition) is 3. The predicted octanol–water partition coefficient (Wildman–Crippen LogP) is 2.43. The molecule has 0 radical (unpaired) electrons. The van der Waals surface area contributed by atoms with Gasteiger partial charge >= 0.3 is 0 Å². The third-order valence-corrected chi connectivity index (χ3v) is 2.55. The Hall–Kier alpha value is -1.69. The minimum Gasteiger partial charge on any atom is -0.497 e. The summed E-state index contributed by atoms with van der Waals surface area (Å²) in [6, 6.07) is 9.94. The minimum atomic E-state index is -0.521. The molecule has 0 fully saturated rings. The van der Waals surface area contributed by atoms with E-state index < -0.39 is 5.54 Å². The zero-order valence-corrected chi connectivity index (χ0v) is 9.61. The van der Waals surface area contributed by atoms with Crippen molar-refractivity contribution in [2.24, 2.45) is 0 Å². The van der Waals surface area contributed by atoms with Crippen LogP contribution in [0.4, 0.5) is 5.69 Å². The quantitative estimate of drug-likeness (QED) is 0.758. The molecule has 15 heavy (non-hydrogen) atoms. The lowest BCUT2D eigenvalue weighted by molar-refractivity contribution is 0.414. The van der Waals surface area contributed by atoms with E-state index in [1.165, 1.54) is 0 Å². The van der Waals surface area contributed by atoms with Crippen LogP contribution in [-0.2, 0) is 0 Å². The highest BCUT2D eigenvalue weighted by Gasteiger charge is 2.23. The van der Waals surface area contributed by atoms with Crippen molar-refractivity contribution in [1.82, 2.24) is 0 Å². The third kappa shape index (κ3) is 2.41. The van der Waals surface area contributed by atoms with Crippen molar-refractivity contribution in [1.29, 1.82) is 5.26 Å². The van der Waals surface area contributed by atoms with E-state index in [-0.39, 0.29) is 0 Å². The summed E-state index contributed by atoms with van der Waals surface area (Å²) in [7, 11) is 3.53.